The highest BCUT2D eigenvalue weighted by atomic mass is 16.5. The topological polar surface area (TPSA) is 109 Å². The monoisotopic (exact) mass is 654 g/mol. The van der Waals surface area contributed by atoms with Gasteiger partial charge in [0.15, 0.2) is 0 Å². The number of benzene rings is 2. The van der Waals surface area contributed by atoms with E-state index in [-0.39, 0.29) is 11.8 Å². The summed E-state index contributed by atoms with van der Waals surface area (Å²) in [5, 5.41) is 9.85. The number of carbonyl (C=O) groups is 2. The molecule has 11 nitrogen and oxygen atoms in total. The van der Waals surface area contributed by atoms with Crippen LogP contribution in [0.15, 0.2) is 48.6 Å². The van der Waals surface area contributed by atoms with Gasteiger partial charge in [0.2, 0.25) is 11.8 Å². The SMILES string of the molecule is CC#N.CN1CCCC1.COc1nc2c(c(N3CCN(C(=O)/C=C/CN(C)C(C)=O)CC3)n1)CCN(c1cccc3cccc(C)c13)C2. The lowest BCUT2D eigenvalue weighted by atomic mass is 9.99. The molecule has 3 aliphatic rings. The van der Waals surface area contributed by atoms with Crippen molar-refractivity contribution in [3.05, 3.63) is 65.4 Å². The smallest absolute Gasteiger partial charge is 0.318 e. The van der Waals surface area contributed by atoms with Crippen molar-refractivity contribution in [2.75, 3.05) is 83.4 Å². The fourth-order valence-electron chi connectivity index (χ4n) is 6.28. The number of likely N-dealkylation sites (N-methyl/N-ethyl adjacent to an activating group) is 1. The van der Waals surface area contributed by atoms with Gasteiger partial charge in [-0.1, -0.05) is 36.4 Å². The number of likely N-dealkylation sites (tertiary alicyclic amines) is 1. The first-order chi connectivity index (χ1) is 23.2. The van der Waals surface area contributed by atoms with Crippen LogP contribution in [0.3, 0.4) is 0 Å². The Morgan fingerprint density at radius 1 is 1.00 bits per heavy atom. The average Bonchev–Trinajstić information content (AvgIpc) is 3.58. The summed E-state index contributed by atoms with van der Waals surface area (Å²) in [6.07, 6.45) is 6.97. The molecule has 2 amide bonds. The zero-order valence-corrected chi connectivity index (χ0v) is 29.4. The molecule has 0 bridgehead atoms. The molecule has 0 spiro atoms. The van der Waals surface area contributed by atoms with Gasteiger partial charge in [0.25, 0.3) is 0 Å². The van der Waals surface area contributed by atoms with Crippen molar-refractivity contribution >= 4 is 34.1 Å². The summed E-state index contributed by atoms with van der Waals surface area (Å²) in [6, 6.07) is 15.0. The Kier molecular flexibility index (Phi) is 13.1. The number of piperazine rings is 1. The van der Waals surface area contributed by atoms with Gasteiger partial charge in [-0.25, -0.2) is 0 Å². The molecule has 0 radical (unpaired) electrons. The van der Waals surface area contributed by atoms with Crippen LogP contribution < -0.4 is 14.5 Å². The lowest BCUT2D eigenvalue weighted by molar-refractivity contribution is -0.128. The van der Waals surface area contributed by atoms with Gasteiger partial charge < -0.3 is 29.2 Å². The van der Waals surface area contributed by atoms with E-state index in [0.29, 0.717) is 45.3 Å². The van der Waals surface area contributed by atoms with E-state index in [1.54, 1.807) is 37.3 Å². The van der Waals surface area contributed by atoms with Gasteiger partial charge in [-0.15, -0.1) is 0 Å². The molecule has 2 saturated heterocycles. The van der Waals surface area contributed by atoms with Crippen LogP contribution >= 0.6 is 0 Å². The second kappa shape index (κ2) is 17.5. The van der Waals surface area contributed by atoms with Crippen molar-refractivity contribution in [2.24, 2.45) is 0 Å². The zero-order valence-electron chi connectivity index (χ0n) is 29.4. The highest BCUT2D eigenvalue weighted by Gasteiger charge is 2.29. The minimum atomic E-state index is -0.0325. The third kappa shape index (κ3) is 9.22. The first-order valence-corrected chi connectivity index (χ1v) is 16.7. The predicted molar refractivity (Wildman–Crippen MR) is 191 cm³/mol. The maximum Gasteiger partial charge on any atom is 0.318 e. The summed E-state index contributed by atoms with van der Waals surface area (Å²) in [6.45, 7) is 12.3. The maximum atomic E-state index is 12.7. The lowest BCUT2D eigenvalue weighted by Gasteiger charge is -2.38. The maximum absolute atomic E-state index is 12.7. The fourth-order valence-corrected chi connectivity index (χ4v) is 6.28. The van der Waals surface area contributed by atoms with Crippen LogP contribution in [0, 0.1) is 18.3 Å². The number of carbonyl (C=O) groups excluding carboxylic acids is 2. The van der Waals surface area contributed by atoms with Gasteiger partial charge >= 0.3 is 6.01 Å². The van der Waals surface area contributed by atoms with E-state index in [0.717, 1.165) is 30.0 Å². The van der Waals surface area contributed by atoms with E-state index < -0.39 is 0 Å². The molecule has 0 unspecified atom stereocenters. The number of rotatable bonds is 6. The van der Waals surface area contributed by atoms with Crippen LogP contribution in [0.2, 0.25) is 0 Å². The Morgan fingerprint density at radius 3 is 2.27 bits per heavy atom. The summed E-state index contributed by atoms with van der Waals surface area (Å²) in [7, 11) is 5.49. The number of amides is 2. The van der Waals surface area contributed by atoms with Crippen molar-refractivity contribution in [1.82, 2.24) is 24.7 Å². The summed E-state index contributed by atoms with van der Waals surface area (Å²) in [5.41, 5.74) is 4.65. The molecule has 3 aromatic rings. The van der Waals surface area contributed by atoms with Gasteiger partial charge in [0, 0.05) is 82.9 Å². The molecule has 3 aliphatic heterocycles. The number of hydrogen-bond acceptors (Lipinski definition) is 9. The van der Waals surface area contributed by atoms with Crippen molar-refractivity contribution in [3.63, 3.8) is 0 Å². The number of nitriles is 1. The highest BCUT2D eigenvalue weighted by molar-refractivity contribution is 5.97. The van der Waals surface area contributed by atoms with Gasteiger partial charge in [0.1, 0.15) is 5.82 Å². The first-order valence-electron chi connectivity index (χ1n) is 16.7. The van der Waals surface area contributed by atoms with Crippen LogP contribution in [0.25, 0.3) is 10.8 Å². The largest absolute Gasteiger partial charge is 0.467 e. The second-order valence-electron chi connectivity index (χ2n) is 12.4. The van der Waals surface area contributed by atoms with Crippen molar-refractivity contribution in [2.45, 2.75) is 46.6 Å². The molecule has 2 fully saturated rings. The van der Waals surface area contributed by atoms with Crippen molar-refractivity contribution in [1.29, 1.82) is 5.26 Å². The second-order valence-corrected chi connectivity index (χ2v) is 12.4. The molecule has 0 saturated carbocycles. The summed E-state index contributed by atoms with van der Waals surface area (Å²) < 4.78 is 5.51. The number of aryl methyl sites for hydroxylation is 1. The minimum Gasteiger partial charge on any atom is -0.467 e. The Balaban J connectivity index is 0.000000506. The quantitative estimate of drug-likeness (QED) is 0.357. The summed E-state index contributed by atoms with van der Waals surface area (Å²) in [4.78, 5) is 44.0. The third-order valence-electron chi connectivity index (χ3n) is 9.03. The fraction of sp³-hybridized carbons (Fsp3) is 0.486. The first kappa shape index (κ1) is 36.2. The Hall–Kier alpha value is -4.69. The number of anilines is 2. The van der Waals surface area contributed by atoms with E-state index in [2.05, 4.69) is 65.1 Å². The molecule has 4 heterocycles. The Labute approximate surface area is 285 Å². The number of nitrogens with zero attached hydrogens (tertiary/aromatic N) is 8. The van der Waals surface area contributed by atoms with E-state index in [1.165, 1.54) is 61.8 Å². The summed E-state index contributed by atoms with van der Waals surface area (Å²) >= 11 is 0. The van der Waals surface area contributed by atoms with Crippen LogP contribution in [0.1, 0.15) is 43.5 Å². The standard InChI is InChI=1S/C30H36N6O3.C5H11N.C2H3N/c1-21-8-5-9-23-10-6-11-26(28(21)23)36-15-13-24-25(20-36)31-30(39-4)32-29(24)35-18-16-34(17-19-35)27(38)12-7-14-33(3)22(2)37;1-6-4-2-3-5-6;1-2-3/h5-12H,13-20H2,1-4H3;2-5H2,1H3;1H3/b12-7+;;. The van der Waals surface area contributed by atoms with Crippen LogP contribution in [0.5, 0.6) is 6.01 Å². The van der Waals surface area contributed by atoms with Crippen molar-refractivity contribution in [3.8, 4) is 12.1 Å². The van der Waals surface area contributed by atoms with E-state index in [4.69, 9.17) is 20.0 Å². The van der Waals surface area contributed by atoms with E-state index in [1.807, 2.05) is 4.90 Å². The molecule has 0 aliphatic carbocycles. The normalized spacial score (nSPS) is 16.0. The molecule has 1 aromatic heterocycles. The molecule has 256 valence electrons. The molecule has 0 N–H and O–H groups in total. The lowest BCUT2D eigenvalue weighted by Crippen LogP contribution is -2.49. The van der Waals surface area contributed by atoms with Gasteiger partial charge in [-0.05, 0) is 63.3 Å². The number of methoxy groups -OCH3 is 1. The number of ether oxygens (including phenoxy) is 1. The van der Waals surface area contributed by atoms with Gasteiger partial charge in [-0.3, -0.25) is 9.59 Å². The van der Waals surface area contributed by atoms with Crippen LogP contribution in [-0.4, -0.2) is 110 Å². The number of fused-ring (bicyclic) bond motifs is 2. The Morgan fingerprint density at radius 2 is 1.67 bits per heavy atom. The Bertz CT molecular complexity index is 1620. The van der Waals surface area contributed by atoms with E-state index in [9.17, 15) is 9.59 Å². The van der Waals surface area contributed by atoms with Crippen LogP contribution in [-0.2, 0) is 22.6 Å². The van der Waals surface area contributed by atoms with Gasteiger partial charge in [0.05, 0.1) is 25.4 Å². The summed E-state index contributed by atoms with van der Waals surface area (Å²) in [5.74, 6) is 0.853. The minimum absolute atomic E-state index is 0.0281. The molecule has 2 aromatic carbocycles. The third-order valence-corrected chi connectivity index (χ3v) is 9.03. The zero-order chi connectivity index (χ0) is 34.6. The van der Waals surface area contributed by atoms with E-state index >= 15 is 0 Å². The number of hydrogen-bond donors (Lipinski definition) is 0. The molecular formula is C37H50N8O3. The van der Waals surface area contributed by atoms with Crippen molar-refractivity contribution < 1.29 is 14.3 Å². The van der Waals surface area contributed by atoms with Gasteiger partial charge in [-0.2, -0.15) is 15.2 Å². The number of aromatic nitrogens is 2. The predicted octanol–water partition coefficient (Wildman–Crippen LogP) is 4.43. The molecule has 48 heavy (non-hydrogen) atoms. The molecule has 6 rings (SSSR count). The van der Waals surface area contributed by atoms with Crippen LogP contribution in [0.4, 0.5) is 11.5 Å². The molecule has 11 heteroatoms. The molecule has 0 atom stereocenters. The average molecular weight is 655 g/mol. The highest BCUT2D eigenvalue weighted by Crippen LogP contribution is 2.35. The molecular weight excluding hydrogens is 604 g/mol.